The van der Waals surface area contributed by atoms with E-state index in [0.717, 1.165) is 6.42 Å². The van der Waals surface area contributed by atoms with Crippen LogP contribution in [0.1, 0.15) is 42.1 Å². The van der Waals surface area contributed by atoms with Crippen LogP contribution in [-0.4, -0.2) is 41.2 Å². The van der Waals surface area contributed by atoms with Gasteiger partial charge in [-0.15, -0.1) is 0 Å². The number of aliphatic hydroxyl groups is 1. The van der Waals surface area contributed by atoms with E-state index in [4.69, 9.17) is 4.74 Å². The van der Waals surface area contributed by atoms with E-state index in [9.17, 15) is 14.7 Å². The number of likely N-dealkylation sites (N-methyl/N-ethyl adjacent to an activating group) is 1. The molecule has 0 spiro atoms. The Morgan fingerprint density at radius 2 is 2.20 bits per heavy atom. The Morgan fingerprint density at radius 3 is 2.80 bits per heavy atom. The number of aromatic nitrogens is 1. The lowest BCUT2D eigenvalue weighted by Gasteiger charge is -2.41. The van der Waals surface area contributed by atoms with Gasteiger partial charge < -0.3 is 19.3 Å². The Hall–Kier alpha value is -1.82. The quantitative estimate of drug-likeness (QED) is 0.854. The number of rotatable bonds is 2. The molecule has 1 aromatic rings. The monoisotopic (exact) mass is 278 g/mol. The number of carbonyl (C=O) groups excluding carboxylic acids is 1. The van der Waals surface area contributed by atoms with Gasteiger partial charge in [0.05, 0.1) is 24.4 Å². The van der Waals surface area contributed by atoms with Crippen molar-refractivity contribution in [3.05, 3.63) is 27.7 Å². The van der Waals surface area contributed by atoms with Crippen LogP contribution in [0.2, 0.25) is 0 Å². The average Bonchev–Trinajstić information content (AvgIpc) is 2.69. The minimum absolute atomic E-state index is 0.0669. The number of hydrogen-bond acceptors (Lipinski definition) is 4. The number of aliphatic hydroxyl groups excluding tert-OH is 1. The van der Waals surface area contributed by atoms with Crippen molar-refractivity contribution in [2.75, 3.05) is 20.7 Å². The van der Waals surface area contributed by atoms with E-state index in [1.807, 2.05) is 11.5 Å². The average molecular weight is 278 g/mol. The van der Waals surface area contributed by atoms with Crippen LogP contribution in [0, 0.1) is 0 Å². The summed E-state index contributed by atoms with van der Waals surface area (Å²) in [7, 11) is 3.10. The van der Waals surface area contributed by atoms with Gasteiger partial charge in [0, 0.05) is 26.1 Å². The molecule has 0 saturated heterocycles. The first-order chi connectivity index (χ1) is 9.45. The second-order valence-corrected chi connectivity index (χ2v) is 5.61. The number of pyridine rings is 1. The lowest BCUT2D eigenvalue weighted by Crippen LogP contribution is -2.51. The molecule has 3 rings (SSSR count). The molecule has 0 saturated carbocycles. The van der Waals surface area contributed by atoms with Gasteiger partial charge in [0.2, 0.25) is 5.43 Å². The van der Waals surface area contributed by atoms with Gasteiger partial charge in [0.1, 0.15) is 0 Å². The summed E-state index contributed by atoms with van der Waals surface area (Å²) >= 11 is 0. The van der Waals surface area contributed by atoms with Crippen molar-refractivity contribution in [3.63, 3.8) is 0 Å². The highest BCUT2D eigenvalue weighted by Gasteiger charge is 2.49. The normalized spacial score (nSPS) is 27.7. The molecule has 0 bridgehead atoms. The van der Waals surface area contributed by atoms with E-state index < -0.39 is 6.10 Å². The van der Waals surface area contributed by atoms with Crippen molar-refractivity contribution in [1.82, 2.24) is 9.47 Å². The summed E-state index contributed by atoms with van der Waals surface area (Å²) in [4.78, 5) is 26.1. The molecule has 0 radical (unpaired) electrons. The van der Waals surface area contributed by atoms with Crippen LogP contribution in [-0.2, 0) is 5.54 Å². The number of ether oxygens (including phenoxy) is 1. The first kappa shape index (κ1) is 13.2. The molecule has 20 heavy (non-hydrogen) atoms. The summed E-state index contributed by atoms with van der Waals surface area (Å²) in [5.74, 6) is -0.170. The Bertz CT molecular complexity index is 651. The smallest absolute Gasteiger partial charge is 0.274 e. The van der Waals surface area contributed by atoms with Gasteiger partial charge in [0.25, 0.3) is 5.91 Å². The zero-order valence-corrected chi connectivity index (χ0v) is 11.8. The van der Waals surface area contributed by atoms with E-state index in [2.05, 4.69) is 0 Å². The maximum absolute atomic E-state index is 12.4. The first-order valence-corrected chi connectivity index (χ1v) is 6.73. The van der Waals surface area contributed by atoms with E-state index in [1.54, 1.807) is 11.9 Å². The molecule has 108 valence electrons. The third kappa shape index (κ3) is 1.42. The third-order valence-corrected chi connectivity index (χ3v) is 4.53. The number of amides is 1. The second kappa shape index (κ2) is 4.09. The molecule has 2 aliphatic heterocycles. The fourth-order valence-electron chi connectivity index (χ4n) is 3.56. The highest BCUT2D eigenvalue weighted by molar-refractivity contribution is 5.96. The maximum Gasteiger partial charge on any atom is 0.274 e. The molecule has 1 amide bonds. The lowest BCUT2D eigenvalue weighted by atomic mass is 9.89. The minimum atomic E-state index is -0.716. The van der Waals surface area contributed by atoms with E-state index in [0.29, 0.717) is 18.7 Å². The topological polar surface area (TPSA) is 71.8 Å². The van der Waals surface area contributed by atoms with Crippen molar-refractivity contribution in [3.8, 4) is 5.75 Å². The SMILES string of the molecule is CCC12CC(O)c3cc(=O)c(OC)c(n31)C(=O)N(C)C2. The molecule has 0 fully saturated rings. The number of nitrogens with zero attached hydrogens (tertiary/aromatic N) is 2. The summed E-state index contributed by atoms with van der Waals surface area (Å²) in [5.41, 5.74) is 0.0767. The molecule has 2 aliphatic rings. The fourth-order valence-corrected chi connectivity index (χ4v) is 3.56. The minimum Gasteiger partial charge on any atom is -0.491 e. The maximum atomic E-state index is 12.4. The predicted octanol–water partition coefficient (Wildman–Crippen LogP) is 0.485. The third-order valence-electron chi connectivity index (χ3n) is 4.53. The molecular weight excluding hydrogens is 260 g/mol. The Balaban J connectivity index is 2.42. The highest BCUT2D eigenvalue weighted by atomic mass is 16.5. The van der Waals surface area contributed by atoms with Crippen molar-refractivity contribution in [2.45, 2.75) is 31.4 Å². The molecule has 1 aromatic heterocycles. The van der Waals surface area contributed by atoms with Crippen LogP contribution in [0.4, 0.5) is 0 Å². The predicted molar refractivity (Wildman–Crippen MR) is 72.1 cm³/mol. The standard InChI is InChI=1S/C14H18N2O4/c1-4-14-6-10(18)8-5-9(17)12(20-3)11(16(8)14)13(19)15(2)7-14/h5,10,18H,4,6-7H2,1-3H3. The Morgan fingerprint density at radius 1 is 1.50 bits per heavy atom. The van der Waals surface area contributed by atoms with Gasteiger partial charge >= 0.3 is 0 Å². The molecule has 1 N–H and O–H groups in total. The van der Waals surface area contributed by atoms with Gasteiger partial charge in [-0.05, 0) is 6.42 Å². The zero-order chi connectivity index (χ0) is 14.7. The summed E-state index contributed by atoms with van der Waals surface area (Å²) < 4.78 is 6.99. The fraction of sp³-hybridized carbons (Fsp3) is 0.571. The Labute approximate surface area is 116 Å². The number of carbonyl (C=O) groups is 1. The van der Waals surface area contributed by atoms with Gasteiger partial charge in [-0.3, -0.25) is 9.59 Å². The summed E-state index contributed by atoms with van der Waals surface area (Å²) in [5, 5.41) is 10.3. The van der Waals surface area contributed by atoms with Crippen LogP contribution in [0.25, 0.3) is 0 Å². The van der Waals surface area contributed by atoms with Gasteiger partial charge in [-0.25, -0.2) is 0 Å². The van der Waals surface area contributed by atoms with Crippen molar-refractivity contribution < 1.29 is 14.6 Å². The molecule has 2 atom stereocenters. The number of methoxy groups -OCH3 is 1. The van der Waals surface area contributed by atoms with Crippen LogP contribution in [0.15, 0.2) is 10.9 Å². The molecule has 3 heterocycles. The zero-order valence-electron chi connectivity index (χ0n) is 11.8. The molecule has 0 aromatic carbocycles. The van der Waals surface area contributed by atoms with Crippen molar-refractivity contribution in [2.24, 2.45) is 0 Å². The van der Waals surface area contributed by atoms with Crippen molar-refractivity contribution in [1.29, 1.82) is 0 Å². The van der Waals surface area contributed by atoms with E-state index in [1.165, 1.54) is 13.2 Å². The van der Waals surface area contributed by atoms with Gasteiger partial charge in [-0.1, -0.05) is 6.92 Å². The van der Waals surface area contributed by atoms with E-state index in [-0.39, 0.29) is 28.3 Å². The molecular formula is C14H18N2O4. The van der Waals surface area contributed by atoms with Crippen LogP contribution in [0.5, 0.6) is 5.75 Å². The largest absolute Gasteiger partial charge is 0.491 e. The van der Waals surface area contributed by atoms with Crippen molar-refractivity contribution >= 4 is 5.91 Å². The van der Waals surface area contributed by atoms with Crippen LogP contribution >= 0.6 is 0 Å². The second-order valence-electron chi connectivity index (χ2n) is 5.61. The Kier molecular flexibility index (Phi) is 2.69. The molecule has 0 aliphatic carbocycles. The summed E-state index contributed by atoms with van der Waals surface area (Å²) in [6.07, 6.45) is 0.570. The van der Waals surface area contributed by atoms with E-state index >= 15 is 0 Å². The highest BCUT2D eigenvalue weighted by Crippen LogP contribution is 2.46. The molecule has 6 heteroatoms. The van der Waals surface area contributed by atoms with Crippen LogP contribution < -0.4 is 10.2 Å². The van der Waals surface area contributed by atoms with Gasteiger partial charge in [-0.2, -0.15) is 0 Å². The summed E-state index contributed by atoms with van der Waals surface area (Å²) in [6, 6.07) is 1.39. The lowest BCUT2D eigenvalue weighted by molar-refractivity contribution is 0.0568. The van der Waals surface area contributed by atoms with Crippen LogP contribution in [0.3, 0.4) is 0 Å². The molecule has 2 unspecified atom stereocenters. The number of hydrogen-bond donors (Lipinski definition) is 1. The first-order valence-electron chi connectivity index (χ1n) is 6.73. The molecule has 6 nitrogen and oxygen atoms in total. The summed E-state index contributed by atoms with van der Waals surface area (Å²) in [6.45, 7) is 2.56. The van der Waals surface area contributed by atoms with Gasteiger partial charge in [0.15, 0.2) is 11.4 Å².